The number of hydrogen-bond donors (Lipinski definition) is 2. The molecule has 1 aliphatic rings. The molecule has 1 fully saturated rings. The van der Waals surface area contributed by atoms with Crippen LogP contribution in [0.15, 0.2) is 24.3 Å². The molecule has 0 aromatic heterocycles. The Morgan fingerprint density at radius 1 is 1.47 bits per heavy atom. The zero-order valence-corrected chi connectivity index (χ0v) is 10.2. The summed E-state index contributed by atoms with van der Waals surface area (Å²) in [5, 5.41) is 6.11. The molecule has 2 rings (SSSR count). The lowest BCUT2D eigenvalue weighted by molar-refractivity contribution is 0.0930. The highest BCUT2D eigenvalue weighted by atomic mass is 35.5. The summed E-state index contributed by atoms with van der Waals surface area (Å²) < 4.78 is 12.9. The van der Waals surface area contributed by atoms with Gasteiger partial charge in [-0.3, -0.25) is 4.79 Å². The normalized spacial score (nSPS) is 19.2. The average Bonchev–Trinajstić information content (AvgIpc) is 2.30. The van der Waals surface area contributed by atoms with Gasteiger partial charge in [0.05, 0.1) is 0 Å². The zero-order chi connectivity index (χ0) is 11.4. The molecule has 17 heavy (non-hydrogen) atoms. The monoisotopic (exact) mass is 258 g/mol. The molecule has 1 atom stereocenters. The number of carbonyl (C=O) groups excluding carboxylic acids is 1. The van der Waals surface area contributed by atoms with Crippen molar-refractivity contribution in [3.63, 3.8) is 0 Å². The lowest BCUT2D eigenvalue weighted by atomic mass is 10.1. The van der Waals surface area contributed by atoms with Crippen molar-refractivity contribution in [1.29, 1.82) is 0 Å². The van der Waals surface area contributed by atoms with E-state index in [4.69, 9.17) is 0 Å². The van der Waals surface area contributed by atoms with Gasteiger partial charge < -0.3 is 10.6 Å². The van der Waals surface area contributed by atoms with E-state index in [1.54, 1.807) is 12.1 Å². The highest BCUT2D eigenvalue weighted by Crippen LogP contribution is 2.06. The van der Waals surface area contributed by atoms with Crippen molar-refractivity contribution in [2.45, 2.75) is 18.9 Å². The predicted molar refractivity (Wildman–Crippen MR) is 67.0 cm³/mol. The van der Waals surface area contributed by atoms with Crippen LogP contribution < -0.4 is 10.6 Å². The van der Waals surface area contributed by atoms with E-state index in [0.717, 1.165) is 25.9 Å². The van der Waals surface area contributed by atoms with Gasteiger partial charge in [0.1, 0.15) is 5.82 Å². The first-order valence-electron chi connectivity index (χ1n) is 5.53. The second-order valence-electron chi connectivity index (χ2n) is 4.03. The highest BCUT2D eigenvalue weighted by molar-refractivity contribution is 5.94. The van der Waals surface area contributed by atoms with Gasteiger partial charge in [0, 0.05) is 18.2 Å². The lowest BCUT2D eigenvalue weighted by Crippen LogP contribution is -2.45. The highest BCUT2D eigenvalue weighted by Gasteiger charge is 2.16. The third-order valence-electron chi connectivity index (χ3n) is 2.72. The molecule has 1 aromatic carbocycles. The van der Waals surface area contributed by atoms with Crippen LogP contribution in [0.5, 0.6) is 0 Å². The first-order valence-corrected chi connectivity index (χ1v) is 5.53. The van der Waals surface area contributed by atoms with Crippen molar-refractivity contribution in [3.8, 4) is 0 Å². The predicted octanol–water partition coefficient (Wildman–Crippen LogP) is 1.73. The molecule has 1 saturated heterocycles. The van der Waals surface area contributed by atoms with Crippen LogP contribution in [0.3, 0.4) is 0 Å². The Morgan fingerprint density at radius 3 is 2.94 bits per heavy atom. The molecule has 1 aromatic rings. The molecule has 1 heterocycles. The number of rotatable bonds is 2. The van der Waals surface area contributed by atoms with Crippen LogP contribution in [0.2, 0.25) is 0 Å². The molecule has 0 bridgehead atoms. The van der Waals surface area contributed by atoms with Crippen molar-refractivity contribution >= 4 is 18.3 Å². The van der Waals surface area contributed by atoms with E-state index in [2.05, 4.69) is 10.6 Å². The lowest BCUT2D eigenvalue weighted by Gasteiger charge is -2.23. The second-order valence-corrected chi connectivity index (χ2v) is 4.03. The van der Waals surface area contributed by atoms with E-state index in [9.17, 15) is 9.18 Å². The van der Waals surface area contributed by atoms with Gasteiger partial charge in [-0.15, -0.1) is 12.4 Å². The number of halogens is 2. The van der Waals surface area contributed by atoms with Gasteiger partial charge in [-0.05, 0) is 37.6 Å². The Balaban J connectivity index is 0.00000144. The summed E-state index contributed by atoms with van der Waals surface area (Å²) in [6, 6.07) is 5.91. The van der Waals surface area contributed by atoms with Crippen LogP contribution in [0, 0.1) is 5.82 Å². The van der Waals surface area contributed by atoms with Gasteiger partial charge in [-0.25, -0.2) is 4.39 Å². The average molecular weight is 259 g/mol. The summed E-state index contributed by atoms with van der Waals surface area (Å²) in [6.07, 6.45) is 2.04. The van der Waals surface area contributed by atoms with Crippen molar-refractivity contribution in [3.05, 3.63) is 35.6 Å². The fourth-order valence-corrected chi connectivity index (χ4v) is 1.87. The Hall–Kier alpha value is -1.13. The summed E-state index contributed by atoms with van der Waals surface area (Å²) in [4.78, 5) is 11.8. The minimum Gasteiger partial charge on any atom is -0.348 e. The largest absolute Gasteiger partial charge is 0.348 e. The van der Waals surface area contributed by atoms with Crippen LogP contribution in [0.4, 0.5) is 4.39 Å². The molecule has 0 spiro atoms. The van der Waals surface area contributed by atoms with Crippen molar-refractivity contribution in [2.24, 2.45) is 0 Å². The SMILES string of the molecule is Cl.O=C(N[C@@H]1CCCNC1)c1cccc(F)c1. The number of carbonyl (C=O) groups is 1. The summed E-state index contributed by atoms with van der Waals surface area (Å²) in [7, 11) is 0. The van der Waals surface area contributed by atoms with Crippen molar-refractivity contribution in [1.82, 2.24) is 10.6 Å². The van der Waals surface area contributed by atoms with Crippen LogP contribution in [-0.4, -0.2) is 25.0 Å². The van der Waals surface area contributed by atoms with Crippen molar-refractivity contribution < 1.29 is 9.18 Å². The van der Waals surface area contributed by atoms with Gasteiger partial charge >= 0.3 is 0 Å². The summed E-state index contributed by atoms with van der Waals surface area (Å²) in [5.41, 5.74) is 0.380. The molecule has 0 unspecified atom stereocenters. The van der Waals surface area contributed by atoms with E-state index in [-0.39, 0.29) is 30.2 Å². The van der Waals surface area contributed by atoms with E-state index in [1.165, 1.54) is 12.1 Å². The Morgan fingerprint density at radius 2 is 2.29 bits per heavy atom. The van der Waals surface area contributed by atoms with Crippen LogP contribution in [0.25, 0.3) is 0 Å². The molecule has 5 heteroatoms. The maximum absolute atomic E-state index is 12.9. The van der Waals surface area contributed by atoms with Crippen LogP contribution in [-0.2, 0) is 0 Å². The minimum atomic E-state index is -0.380. The van der Waals surface area contributed by atoms with E-state index >= 15 is 0 Å². The van der Waals surface area contributed by atoms with Crippen molar-refractivity contribution in [2.75, 3.05) is 13.1 Å². The molecule has 94 valence electrons. The minimum absolute atomic E-state index is 0. The third kappa shape index (κ3) is 3.98. The van der Waals surface area contributed by atoms with Gasteiger partial charge in [-0.2, -0.15) is 0 Å². The van der Waals surface area contributed by atoms with E-state index in [1.807, 2.05) is 0 Å². The maximum Gasteiger partial charge on any atom is 0.251 e. The quantitative estimate of drug-likeness (QED) is 0.848. The molecule has 2 N–H and O–H groups in total. The summed E-state index contributed by atoms with van der Waals surface area (Å²) >= 11 is 0. The molecule has 0 aliphatic carbocycles. The number of piperidine rings is 1. The van der Waals surface area contributed by atoms with Gasteiger partial charge in [0.25, 0.3) is 5.91 Å². The zero-order valence-electron chi connectivity index (χ0n) is 9.41. The molecule has 3 nitrogen and oxygen atoms in total. The topological polar surface area (TPSA) is 41.1 Å². The Bertz CT molecular complexity index is 381. The first kappa shape index (κ1) is 13.9. The molecule has 1 aliphatic heterocycles. The first-order chi connectivity index (χ1) is 7.75. The molecular formula is C12H16ClFN2O. The Kier molecular flexibility index (Phi) is 5.38. The summed E-state index contributed by atoms with van der Waals surface area (Å²) in [5.74, 6) is -0.581. The maximum atomic E-state index is 12.9. The van der Waals surface area contributed by atoms with Gasteiger partial charge in [0.2, 0.25) is 0 Å². The van der Waals surface area contributed by atoms with Crippen LogP contribution in [0.1, 0.15) is 23.2 Å². The van der Waals surface area contributed by atoms with E-state index in [0.29, 0.717) is 5.56 Å². The molecular weight excluding hydrogens is 243 g/mol. The molecule has 1 amide bonds. The molecule has 0 saturated carbocycles. The molecule has 0 radical (unpaired) electrons. The van der Waals surface area contributed by atoms with Gasteiger partial charge in [0.15, 0.2) is 0 Å². The standard InChI is InChI=1S/C12H15FN2O.ClH/c13-10-4-1-3-9(7-10)12(16)15-11-5-2-6-14-8-11;/h1,3-4,7,11,14H,2,5-6,8H2,(H,15,16);1H/t11-;/m1./s1. The Labute approximate surface area is 106 Å². The van der Waals surface area contributed by atoms with Gasteiger partial charge in [-0.1, -0.05) is 6.07 Å². The van der Waals surface area contributed by atoms with Crippen LogP contribution >= 0.6 is 12.4 Å². The number of benzene rings is 1. The fourth-order valence-electron chi connectivity index (χ4n) is 1.87. The summed E-state index contributed by atoms with van der Waals surface area (Å²) in [6.45, 7) is 1.80. The second kappa shape index (κ2) is 6.57. The number of nitrogens with one attached hydrogen (secondary N) is 2. The smallest absolute Gasteiger partial charge is 0.251 e. The number of amides is 1. The third-order valence-corrected chi connectivity index (χ3v) is 2.72. The number of hydrogen-bond acceptors (Lipinski definition) is 2. The fraction of sp³-hybridized carbons (Fsp3) is 0.417. The van der Waals surface area contributed by atoms with E-state index < -0.39 is 0 Å².